The summed E-state index contributed by atoms with van der Waals surface area (Å²) in [5, 5.41) is 7.85. The van der Waals surface area contributed by atoms with E-state index >= 15 is 0 Å². The number of aliphatic imine (C=N–C) groups is 1. The molecule has 0 spiro atoms. The molecule has 2 heterocycles. The molecule has 1 aromatic carbocycles. The third kappa shape index (κ3) is 6.46. The second-order valence-corrected chi connectivity index (χ2v) is 7.40. The first-order valence-corrected chi connectivity index (χ1v) is 9.91. The lowest BCUT2D eigenvalue weighted by atomic mass is 10.3. The quantitative estimate of drug-likeness (QED) is 0.216. The zero-order valence-electron chi connectivity index (χ0n) is 15.8. The highest BCUT2D eigenvalue weighted by Crippen LogP contribution is 2.12. The third-order valence-electron chi connectivity index (χ3n) is 4.00. The summed E-state index contributed by atoms with van der Waals surface area (Å²) in [6.45, 7) is 7.56. The van der Waals surface area contributed by atoms with Crippen LogP contribution in [0.1, 0.15) is 23.2 Å². The Hall–Kier alpha value is -1.68. The lowest BCUT2D eigenvalue weighted by Gasteiger charge is -2.10. The summed E-state index contributed by atoms with van der Waals surface area (Å²) in [6, 6.07) is 8.22. The second-order valence-electron chi connectivity index (χ2n) is 6.08. The van der Waals surface area contributed by atoms with Crippen LogP contribution in [0, 0.1) is 6.92 Å². The van der Waals surface area contributed by atoms with Gasteiger partial charge in [-0.1, -0.05) is 12.1 Å². The molecule has 0 fully saturated rings. The predicted molar refractivity (Wildman–Crippen MR) is 124 cm³/mol. The van der Waals surface area contributed by atoms with E-state index in [1.807, 2.05) is 24.7 Å². The van der Waals surface area contributed by atoms with Gasteiger partial charge < -0.3 is 15.2 Å². The summed E-state index contributed by atoms with van der Waals surface area (Å²) < 4.78 is 2.19. The number of hydrogen-bond donors (Lipinski definition) is 2. The van der Waals surface area contributed by atoms with Gasteiger partial charge in [-0.15, -0.1) is 35.3 Å². The number of thiazole rings is 1. The molecule has 6 nitrogen and oxygen atoms in total. The van der Waals surface area contributed by atoms with Gasteiger partial charge in [0.2, 0.25) is 0 Å². The van der Waals surface area contributed by atoms with Crippen molar-refractivity contribution in [3.8, 4) is 0 Å². The summed E-state index contributed by atoms with van der Waals surface area (Å²) in [7, 11) is 0. The van der Waals surface area contributed by atoms with Crippen molar-refractivity contribution in [2.75, 3.05) is 19.6 Å². The maximum absolute atomic E-state index is 4.67. The van der Waals surface area contributed by atoms with E-state index in [4.69, 9.17) is 0 Å². The molecule has 3 aromatic rings. The third-order valence-corrected chi connectivity index (χ3v) is 4.97. The van der Waals surface area contributed by atoms with Crippen molar-refractivity contribution in [3.63, 3.8) is 0 Å². The summed E-state index contributed by atoms with van der Waals surface area (Å²) in [5.74, 6) is 0.872. The van der Waals surface area contributed by atoms with Gasteiger partial charge in [-0.3, -0.25) is 4.99 Å². The van der Waals surface area contributed by atoms with E-state index in [1.54, 1.807) is 11.3 Å². The fourth-order valence-electron chi connectivity index (χ4n) is 2.77. The van der Waals surface area contributed by atoms with E-state index in [1.165, 1.54) is 10.4 Å². The fraction of sp³-hybridized carbons (Fsp3) is 0.421. The Morgan fingerprint density at radius 2 is 2.07 bits per heavy atom. The number of rotatable bonds is 8. The normalized spacial score (nSPS) is 11.4. The molecule has 0 aliphatic heterocycles. The first-order chi connectivity index (χ1) is 12.8. The van der Waals surface area contributed by atoms with Crippen molar-refractivity contribution >= 4 is 52.3 Å². The largest absolute Gasteiger partial charge is 0.357 e. The Labute approximate surface area is 181 Å². The van der Waals surface area contributed by atoms with Crippen molar-refractivity contribution in [2.24, 2.45) is 4.99 Å². The molecule has 0 unspecified atom stereocenters. The minimum Gasteiger partial charge on any atom is -0.357 e. The maximum atomic E-state index is 4.67. The number of benzene rings is 1. The smallest absolute Gasteiger partial charge is 0.191 e. The highest BCUT2D eigenvalue weighted by atomic mass is 127. The first kappa shape index (κ1) is 21.6. The number of imidazole rings is 1. The van der Waals surface area contributed by atoms with Crippen LogP contribution in [-0.2, 0) is 13.0 Å². The van der Waals surface area contributed by atoms with Crippen LogP contribution in [0.2, 0.25) is 0 Å². The van der Waals surface area contributed by atoms with E-state index < -0.39 is 0 Å². The first-order valence-electron chi connectivity index (χ1n) is 9.09. The van der Waals surface area contributed by atoms with Crippen LogP contribution in [-0.4, -0.2) is 40.1 Å². The highest BCUT2D eigenvalue weighted by molar-refractivity contribution is 14.0. The Morgan fingerprint density at radius 1 is 1.22 bits per heavy atom. The zero-order valence-corrected chi connectivity index (χ0v) is 19.0. The lowest BCUT2D eigenvalue weighted by Crippen LogP contribution is -2.38. The summed E-state index contributed by atoms with van der Waals surface area (Å²) >= 11 is 1.75. The molecule has 146 valence electrons. The fourth-order valence-corrected chi connectivity index (χ4v) is 3.55. The molecule has 0 aliphatic rings. The molecule has 2 N–H and O–H groups in total. The Kier molecular flexibility index (Phi) is 8.99. The molecule has 8 heteroatoms. The molecule has 0 amide bonds. The van der Waals surface area contributed by atoms with Crippen LogP contribution in [0.3, 0.4) is 0 Å². The number of fused-ring (bicyclic) bond motifs is 1. The van der Waals surface area contributed by atoms with Crippen LogP contribution < -0.4 is 10.6 Å². The standard InChI is InChI=1S/C19H26N6S.HI/c1-3-20-19(22-11-9-18-23-13-15(2)26-18)21-10-6-12-25-14-24-16-7-4-5-8-17(16)25;/h4-5,7-8,13-14H,3,6,9-12H2,1-2H3,(H2,20,21,22);1H. The SMILES string of the molecule is CCNC(=NCCCn1cnc2ccccc21)NCCc1ncc(C)s1.I. The number of guanidine groups is 1. The molecule has 2 aromatic heterocycles. The van der Waals surface area contributed by atoms with Gasteiger partial charge >= 0.3 is 0 Å². The molecular weight excluding hydrogens is 471 g/mol. The van der Waals surface area contributed by atoms with E-state index in [2.05, 4.69) is 56.1 Å². The number of aryl methyl sites for hydroxylation is 2. The average molecular weight is 498 g/mol. The van der Waals surface area contributed by atoms with E-state index in [9.17, 15) is 0 Å². The van der Waals surface area contributed by atoms with Gasteiger partial charge in [0.05, 0.1) is 22.4 Å². The number of halogens is 1. The van der Waals surface area contributed by atoms with Crippen LogP contribution in [0.4, 0.5) is 0 Å². The van der Waals surface area contributed by atoms with Crippen molar-refractivity contribution in [3.05, 3.63) is 46.7 Å². The van der Waals surface area contributed by atoms with Gasteiger partial charge in [0.15, 0.2) is 5.96 Å². The second kappa shape index (κ2) is 11.2. The Balaban J connectivity index is 0.00000261. The van der Waals surface area contributed by atoms with Gasteiger partial charge in [0, 0.05) is 43.7 Å². The van der Waals surface area contributed by atoms with Gasteiger partial charge in [-0.05, 0) is 32.4 Å². The van der Waals surface area contributed by atoms with Crippen LogP contribution in [0.25, 0.3) is 11.0 Å². The van der Waals surface area contributed by atoms with Gasteiger partial charge in [-0.25, -0.2) is 9.97 Å². The van der Waals surface area contributed by atoms with Crippen LogP contribution in [0.5, 0.6) is 0 Å². The van der Waals surface area contributed by atoms with E-state index in [0.717, 1.165) is 55.5 Å². The van der Waals surface area contributed by atoms with Crippen LogP contribution >= 0.6 is 35.3 Å². The number of aromatic nitrogens is 3. The molecule has 3 rings (SSSR count). The minimum absolute atomic E-state index is 0. The summed E-state index contributed by atoms with van der Waals surface area (Å²) in [5.41, 5.74) is 2.23. The topological polar surface area (TPSA) is 67.1 Å². The number of nitrogens with one attached hydrogen (secondary N) is 2. The molecule has 27 heavy (non-hydrogen) atoms. The molecule has 0 aliphatic carbocycles. The number of nitrogens with zero attached hydrogens (tertiary/aromatic N) is 4. The molecular formula is C19H27IN6S. The van der Waals surface area contributed by atoms with Gasteiger partial charge in [0.1, 0.15) is 0 Å². The predicted octanol–water partition coefficient (Wildman–Crippen LogP) is 3.61. The van der Waals surface area contributed by atoms with Crippen molar-refractivity contribution in [1.82, 2.24) is 25.2 Å². The molecule has 0 atom stereocenters. The highest BCUT2D eigenvalue weighted by Gasteiger charge is 2.02. The molecule has 0 bridgehead atoms. The zero-order chi connectivity index (χ0) is 18.2. The summed E-state index contributed by atoms with van der Waals surface area (Å²) in [4.78, 5) is 14.8. The van der Waals surface area contributed by atoms with E-state index in [0.29, 0.717) is 0 Å². The van der Waals surface area contributed by atoms with E-state index in [-0.39, 0.29) is 24.0 Å². The summed E-state index contributed by atoms with van der Waals surface area (Å²) in [6.07, 6.45) is 5.74. The molecule has 0 saturated heterocycles. The van der Waals surface area contributed by atoms with Crippen molar-refractivity contribution < 1.29 is 0 Å². The molecule has 0 radical (unpaired) electrons. The van der Waals surface area contributed by atoms with Crippen LogP contribution in [0.15, 0.2) is 41.8 Å². The van der Waals surface area contributed by atoms with Crippen molar-refractivity contribution in [2.45, 2.75) is 33.2 Å². The minimum atomic E-state index is 0. The Bertz CT molecular complexity index is 857. The lowest BCUT2D eigenvalue weighted by molar-refractivity contribution is 0.661. The number of hydrogen-bond acceptors (Lipinski definition) is 4. The number of para-hydroxylation sites is 2. The average Bonchev–Trinajstić information content (AvgIpc) is 3.25. The monoisotopic (exact) mass is 498 g/mol. The Morgan fingerprint density at radius 3 is 2.85 bits per heavy atom. The van der Waals surface area contributed by atoms with Crippen molar-refractivity contribution in [1.29, 1.82) is 0 Å². The maximum Gasteiger partial charge on any atom is 0.191 e. The van der Waals surface area contributed by atoms with Gasteiger partial charge in [0.25, 0.3) is 0 Å². The molecule has 0 saturated carbocycles. The van der Waals surface area contributed by atoms with Gasteiger partial charge in [-0.2, -0.15) is 0 Å².